The van der Waals surface area contributed by atoms with Crippen LogP contribution in [0.15, 0.2) is 35.7 Å². The van der Waals surface area contributed by atoms with Crippen molar-refractivity contribution < 1.29 is 9.59 Å². The summed E-state index contributed by atoms with van der Waals surface area (Å²) in [5.74, 6) is 0.0148. The second-order valence-electron chi connectivity index (χ2n) is 3.75. The molecule has 0 saturated heterocycles. The normalized spacial score (nSPS) is 14.2. The molecule has 3 rings (SSSR count). The van der Waals surface area contributed by atoms with Gasteiger partial charge in [-0.05, 0) is 17.0 Å². The highest BCUT2D eigenvalue weighted by atomic mass is 32.1. The zero-order valence-corrected chi connectivity index (χ0v) is 9.21. The average molecular weight is 228 g/mol. The molecule has 78 valence electrons. The Morgan fingerprint density at radius 1 is 1.00 bits per heavy atom. The zero-order valence-electron chi connectivity index (χ0n) is 8.40. The van der Waals surface area contributed by atoms with Crippen LogP contribution in [0.3, 0.4) is 0 Å². The maximum Gasteiger partial charge on any atom is 0.194 e. The van der Waals surface area contributed by atoms with Crippen LogP contribution in [-0.4, -0.2) is 11.6 Å². The van der Waals surface area contributed by atoms with Gasteiger partial charge < -0.3 is 0 Å². The number of benzene rings is 1. The van der Waals surface area contributed by atoms with E-state index in [0.29, 0.717) is 22.4 Å². The maximum absolute atomic E-state index is 12.2. The van der Waals surface area contributed by atoms with Crippen LogP contribution in [0.25, 0.3) is 0 Å². The van der Waals surface area contributed by atoms with Gasteiger partial charge in [-0.1, -0.05) is 24.3 Å². The van der Waals surface area contributed by atoms with E-state index in [4.69, 9.17) is 0 Å². The summed E-state index contributed by atoms with van der Waals surface area (Å²) in [7, 11) is 0. The quantitative estimate of drug-likeness (QED) is 0.694. The second kappa shape index (κ2) is 3.39. The average Bonchev–Trinajstić information content (AvgIpc) is 2.74. The van der Waals surface area contributed by atoms with Crippen LogP contribution in [0.1, 0.15) is 31.2 Å². The first-order valence-corrected chi connectivity index (χ1v) is 5.88. The molecule has 1 aromatic heterocycles. The molecule has 1 aliphatic rings. The Balaban J connectivity index is 2.29. The van der Waals surface area contributed by atoms with Gasteiger partial charge in [-0.25, -0.2) is 0 Å². The number of rotatable bonds is 0. The molecular formula is C13H8O2S. The number of hydrogen-bond donors (Lipinski definition) is 0. The summed E-state index contributed by atoms with van der Waals surface area (Å²) in [6.07, 6.45) is 0.329. The van der Waals surface area contributed by atoms with E-state index in [1.807, 2.05) is 18.2 Å². The molecule has 1 aliphatic carbocycles. The minimum atomic E-state index is -0.0299. The Morgan fingerprint density at radius 3 is 2.69 bits per heavy atom. The number of Topliss-reactive ketones (excluding diaryl/α,β-unsaturated/α-hetero) is 1. The molecule has 0 saturated carbocycles. The van der Waals surface area contributed by atoms with Crippen molar-refractivity contribution in [3.05, 3.63) is 57.3 Å². The molecule has 0 unspecified atom stereocenters. The number of carbonyl (C=O) groups is 2. The number of hydrogen-bond acceptors (Lipinski definition) is 3. The lowest BCUT2D eigenvalue weighted by atomic mass is 10.0. The van der Waals surface area contributed by atoms with Gasteiger partial charge in [0.2, 0.25) is 0 Å². The van der Waals surface area contributed by atoms with E-state index in [9.17, 15) is 9.59 Å². The van der Waals surface area contributed by atoms with Crippen molar-refractivity contribution in [1.82, 2.24) is 0 Å². The smallest absolute Gasteiger partial charge is 0.194 e. The zero-order chi connectivity index (χ0) is 11.1. The Morgan fingerprint density at radius 2 is 1.81 bits per heavy atom. The molecule has 0 atom stereocenters. The predicted octanol–water partition coefficient (Wildman–Crippen LogP) is 2.72. The lowest BCUT2D eigenvalue weighted by molar-refractivity contribution is 0.0989. The Kier molecular flexibility index (Phi) is 2.01. The summed E-state index contributed by atoms with van der Waals surface area (Å²) in [5, 5.41) is 1.80. The highest BCUT2D eigenvalue weighted by Crippen LogP contribution is 2.27. The van der Waals surface area contributed by atoms with E-state index in [0.717, 1.165) is 5.56 Å². The van der Waals surface area contributed by atoms with E-state index in [-0.39, 0.29) is 11.6 Å². The van der Waals surface area contributed by atoms with Crippen LogP contribution in [0.2, 0.25) is 0 Å². The predicted molar refractivity (Wildman–Crippen MR) is 62.2 cm³/mol. The van der Waals surface area contributed by atoms with Crippen LogP contribution in [-0.2, 0) is 6.42 Å². The summed E-state index contributed by atoms with van der Waals surface area (Å²) < 4.78 is 0. The minimum absolute atomic E-state index is 0.0299. The highest BCUT2D eigenvalue weighted by Gasteiger charge is 2.26. The van der Waals surface area contributed by atoms with Gasteiger partial charge in [-0.2, -0.15) is 0 Å². The minimum Gasteiger partial charge on any atom is -0.293 e. The van der Waals surface area contributed by atoms with Gasteiger partial charge in [-0.3, -0.25) is 9.59 Å². The van der Waals surface area contributed by atoms with Crippen molar-refractivity contribution in [2.24, 2.45) is 0 Å². The maximum atomic E-state index is 12.2. The van der Waals surface area contributed by atoms with Gasteiger partial charge in [0.1, 0.15) is 0 Å². The van der Waals surface area contributed by atoms with Gasteiger partial charge >= 0.3 is 0 Å². The van der Waals surface area contributed by atoms with Crippen molar-refractivity contribution in [3.8, 4) is 0 Å². The van der Waals surface area contributed by atoms with Crippen molar-refractivity contribution >= 4 is 22.9 Å². The van der Waals surface area contributed by atoms with Gasteiger partial charge in [0.25, 0.3) is 0 Å². The van der Waals surface area contributed by atoms with Gasteiger partial charge in [0, 0.05) is 17.5 Å². The number of carbonyl (C=O) groups excluding carboxylic acids is 2. The lowest BCUT2D eigenvalue weighted by Crippen LogP contribution is -2.01. The molecule has 0 fully saturated rings. The van der Waals surface area contributed by atoms with Gasteiger partial charge in [0.15, 0.2) is 11.6 Å². The van der Waals surface area contributed by atoms with Crippen LogP contribution >= 0.6 is 11.3 Å². The molecule has 0 aliphatic heterocycles. The highest BCUT2D eigenvalue weighted by molar-refractivity contribution is 7.12. The number of ketones is 2. The van der Waals surface area contributed by atoms with E-state index in [1.54, 1.807) is 17.5 Å². The Hall–Kier alpha value is -1.74. The van der Waals surface area contributed by atoms with Gasteiger partial charge in [0.05, 0.1) is 4.88 Å². The molecule has 1 aromatic carbocycles. The molecule has 1 heterocycles. The van der Waals surface area contributed by atoms with E-state index >= 15 is 0 Å². The van der Waals surface area contributed by atoms with Crippen LogP contribution in [0, 0.1) is 0 Å². The molecule has 3 heteroatoms. The summed E-state index contributed by atoms with van der Waals surface area (Å²) in [4.78, 5) is 24.7. The molecule has 0 radical (unpaired) electrons. The van der Waals surface area contributed by atoms with Crippen molar-refractivity contribution in [3.63, 3.8) is 0 Å². The van der Waals surface area contributed by atoms with Crippen LogP contribution in [0.4, 0.5) is 0 Å². The van der Waals surface area contributed by atoms with Crippen molar-refractivity contribution in [2.75, 3.05) is 0 Å². The fourth-order valence-electron chi connectivity index (χ4n) is 2.00. The third kappa shape index (κ3) is 1.25. The molecule has 0 N–H and O–H groups in total. The third-order valence-corrected chi connectivity index (χ3v) is 3.73. The molecule has 2 nitrogen and oxygen atoms in total. The van der Waals surface area contributed by atoms with E-state index in [1.165, 1.54) is 11.3 Å². The monoisotopic (exact) mass is 228 g/mol. The second-order valence-corrected chi connectivity index (χ2v) is 4.67. The fourth-order valence-corrected chi connectivity index (χ4v) is 2.83. The van der Waals surface area contributed by atoms with E-state index in [2.05, 4.69) is 0 Å². The molecule has 0 spiro atoms. The lowest BCUT2D eigenvalue weighted by Gasteiger charge is -2.01. The fraction of sp³-hybridized carbons (Fsp3) is 0.0769. The number of thiophene rings is 1. The van der Waals surface area contributed by atoms with Crippen LogP contribution in [0.5, 0.6) is 0 Å². The largest absolute Gasteiger partial charge is 0.293 e. The first kappa shape index (κ1) is 9.48. The summed E-state index contributed by atoms with van der Waals surface area (Å²) in [6, 6.07) is 9.07. The molecule has 16 heavy (non-hydrogen) atoms. The van der Waals surface area contributed by atoms with Crippen molar-refractivity contribution in [2.45, 2.75) is 6.42 Å². The van der Waals surface area contributed by atoms with Crippen molar-refractivity contribution in [1.29, 1.82) is 0 Å². The van der Waals surface area contributed by atoms with E-state index < -0.39 is 0 Å². The summed E-state index contributed by atoms with van der Waals surface area (Å²) in [6.45, 7) is 0. The van der Waals surface area contributed by atoms with Gasteiger partial charge in [-0.15, -0.1) is 11.3 Å². The SMILES string of the molecule is O=C1c2ccccc2CC(=O)c2sccc21. The first-order valence-electron chi connectivity index (χ1n) is 5.00. The topological polar surface area (TPSA) is 34.1 Å². The molecular weight excluding hydrogens is 220 g/mol. The third-order valence-electron chi connectivity index (χ3n) is 2.78. The Labute approximate surface area is 96.5 Å². The molecule has 0 amide bonds. The summed E-state index contributed by atoms with van der Waals surface area (Å²) >= 11 is 1.35. The summed E-state index contributed by atoms with van der Waals surface area (Å²) in [5.41, 5.74) is 2.05. The molecule has 2 aromatic rings. The first-order chi connectivity index (χ1) is 7.77. The Bertz CT molecular complexity index is 595. The molecule has 0 bridgehead atoms. The standard InChI is InChI=1S/C13H8O2S/c14-11-7-8-3-1-2-4-9(8)12(15)10-5-6-16-13(10)11/h1-6H,7H2. The van der Waals surface area contributed by atoms with Crippen LogP contribution < -0.4 is 0 Å². The number of fused-ring (bicyclic) bond motifs is 2.